The van der Waals surface area contributed by atoms with E-state index in [2.05, 4.69) is 17.3 Å². The number of hydrogen-bond acceptors (Lipinski definition) is 4. The van der Waals surface area contributed by atoms with Crippen LogP contribution in [0.5, 0.6) is 5.75 Å². The summed E-state index contributed by atoms with van der Waals surface area (Å²) in [5, 5.41) is 15.9. The van der Waals surface area contributed by atoms with Crippen molar-refractivity contribution in [1.29, 1.82) is 0 Å². The van der Waals surface area contributed by atoms with E-state index in [-0.39, 0.29) is 5.91 Å². The van der Waals surface area contributed by atoms with Gasteiger partial charge in [-0.25, -0.2) is 4.79 Å². The summed E-state index contributed by atoms with van der Waals surface area (Å²) in [6, 6.07) is 6.99. The summed E-state index contributed by atoms with van der Waals surface area (Å²) in [5.74, 6) is -0.750. The smallest absolute Gasteiger partial charge is 0.341 e. The van der Waals surface area contributed by atoms with Crippen LogP contribution in [-0.2, 0) is 17.9 Å². The molecule has 1 aromatic heterocycles. The molecule has 2 N–H and O–H groups in total. The fourth-order valence-electron chi connectivity index (χ4n) is 2.62. The van der Waals surface area contributed by atoms with Crippen LogP contribution in [0.1, 0.15) is 40.7 Å². The second-order valence-corrected chi connectivity index (χ2v) is 5.78. The minimum absolute atomic E-state index is 0.172. The highest BCUT2D eigenvalue weighted by molar-refractivity contribution is 5.96. The van der Waals surface area contributed by atoms with Crippen molar-refractivity contribution in [2.24, 2.45) is 0 Å². The molecule has 134 valence electrons. The van der Waals surface area contributed by atoms with E-state index in [1.165, 1.54) is 0 Å². The van der Waals surface area contributed by atoms with Crippen LogP contribution in [0.2, 0.25) is 0 Å². The average Bonchev–Trinajstić information content (AvgIpc) is 2.85. The van der Waals surface area contributed by atoms with Crippen LogP contribution in [-0.4, -0.2) is 33.4 Å². The largest absolute Gasteiger partial charge is 0.482 e. The molecule has 0 spiro atoms. The van der Waals surface area contributed by atoms with Gasteiger partial charge in [-0.3, -0.25) is 9.48 Å². The zero-order valence-corrected chi connectivity index (χ0v) is 14.7. The van der Waals surface area contributed by atoms with Crippen molar-refractivity contribution >= 4 is 11.9 Å². The average molecular weight is 345 g/mol. The van der Waals surface area contributed by atoms with Gasteiger partial charge < -0.3 is 15.2 Å². The van der Waals surface area contributed by atoms with Gasteiger partial charge in [0.15, 0.2) is 6.61 Å². The molecular formula is C18H23N3O4. The number of ether oxygens (including phenoxy) is 1. The number of nitrogens with zero attached hydrogens (tertiary/aromatic N) is 2. The zero-order valence-electron chi connectivity index (χ0n) is 14.7. The van der Waals surface area contributed by atoms with Crippen LogP contribution in [0.15, 0.2) is 24.3 Å². The molecule has 7 nitrogen and oxygen atoms in total. The number of nitrogens with one attached hydrogen (secondary N) is 1. The van der Waals surface area contributed by atoms with Gasteiger partial charge in [0.25, 0.3) is 5.91 Å². The number of rotatable bonds is 8. The molecule has 0 bridgehead atoms. The second-order valence-electron chi connectivity index (χ2n) is 5.78. The normalized spacial score (nSPS) is 10.5. The van der Waals surface area contributed by atoms with E-state index in [0.29, 0.717) is 23.6 Å². The van der Waals surface area contributed by atoms with Crippen LogP contribution in [0.3, 0.4) is 0 Å². The van der Waals surface area contributed by atoms with E-state index in [4.69, 9.17) is 9.84 Å². The maximum Gasteiger partial charge on any atom is 0.341 e. The molecule has 0 saturated heterocycles. The van der Waals surface area contributed by atoms with Crippen molar-refractivity contribution < 1.29 is 19.4 Å². The quantitative estimate of drug-likeness (QED) is 0.766. The number of carbonyl (C=O) groups is 2. The Labute approximate surface area is 146 Å². The molecule has 0 saturated carbocycles. The van der Waals surface area contributed by atoms with Gasteiger partial charge in [-0.2, -0.15) is 5.10 Å². The Hall–Kier alpha value is -2.83. The highest BCUT2D eigenvalue weighted by Gasteiger charge is 2.18. The van der Waals surface area contributed by atoms with E-state index < -0.39 is 12.6 Å². The highest BCUT2D eigenvalue weighted by atomic mass is 16.5. The van der Waals surface area contributed by atoms with Crippen molar-refractivity contribution in [1.82, 2.24) is 15.1 Å². The van der Waals surface area contributed by atoms with E-state index in [9.17, 15) is 9.59 Å². The number of carboxylic acid groups (broad SMARTS) is 1. The zero-order chi connectivity index (χ0) is 18.4. The molecule has 7 heteroatoms. The number of aryl methyl sites for hydroxylation is 2. The number of carbonyl (C=O) groups excluding carboxylic acids is 1. The topological polar surface area (TPSA) is 93.5 Å². The summed E-state index contributed by atoms with van der Waals surface area (Å²) in [6.45, 7) is 6.49. The minimum Gasteiger partial charge on any atom is -0.482 e. The lowest BCUT2D eigenvalue weighted by Crippen LogP contribution is -2.24. The van der Waals surface area contributed by atoms with Crippen LogP contribution < -0.4 is 10.1 Å². The lowest BCUT2D eigenvalue weighted by molar-refractivity contribution is -0.139. The number of benzene rings is 1. The molecule has 2 rings (SSSR count). The summed E-state index contributed by atoms with van der Waals surface area (Å²) >= 11 is 0. The van der Waals surface area contributed by atoms with Gasteiger partial charge in [0.1, 0.15) is 5.75 Å². The molecule has 0 atom stereocenters. The molecule has 25 heavy (non-hydrogen) atoms. The van der Waals surface area contributed by atoms with E-state index >= 15 is 0 Å². The van der Waals surface area contributed by atoms with Crippen molar-refractivity contribution in [3.8, 4) is 5.75 Å². The van der Waals surface area contributed by atoms with E-state index in [1.807, 2.05) is 24.6 Å². The maximum absolute atomic E-state index is 12.5. The fraction of sp³-hybridized carbons (Fsp3) is 0.389. The predicted molar refractivity (Wildman–Crippen MR) is 92.7 cm³/mol. The van der Waals surface area contributed by atoms with Crippen molar-refractivity contribution in [3.63, 3.8) is 0 Å². The van der Waals surface area contributed by atoms with Gasteiger partial charge in [0.05, 0.1) is 11.3 Å². The molecule has 1 heterocycles. The molecule has 0 aliphatic heterocycles. The summed E-state index contributed by atoms with van der Waals surface area (Å²) in [7, 11) is 0. The lowest BCUT2D eigenvalue weighted by atomic mass is 10.1. The first-order valence-electron chi connectivity index (χ1n) is 8.18. The third-order valence-corrected chi connectivity index (χ3v) is 3.76. The Kier molecular flexibility index (Phi) is 6.16. The third kappa shape index (κ3) is 4.82. The Morgan fingerprint density at radius 3 is 2.76 bits per heavy atom. The molecule has 1 amide bonds. The number of carboxylic acids is 1. The predicted octanol–water partition coefficient (Wildman–Crippen LogP) is 2.30. The SMILES string of the molecule is CCCn1nc(C)c(C(=O)NCc2cccc(OCC(=O)O)c2)c1C. The number of amides is 1. The summed E-state index contributed by atoms with van der Waals surface area (Å²) in [5.41, 5.74) is 3.00. The molecule has 0 unspecified atom stereocenters. The molecule has 0 aliphatic carbocycles. The van der Waals surface area contributed by atoms with Crippen LogP contribution in [0.25, 0.3) is 0 Å². The molecular weight excluding hydrogens is 322 g/mol. The third-order valence-electron chi connectivity index (χ3n) is 3.76. The summed E-state index contributed by atoms with van der Waals surface area (Å²) < 4.78 is 6.99. The van der Waals surface area contributed by atoms with Gasteiger partial charge in [-0.05, 0) is 38.0 Å². The van der Waals surface area contributed by atoms with Crippen molar-refractivity contribution in [3.05, 3.63) is 46.8 Å². The van der Waals surface area contributed by atoms with Gasteiger partial charge in [-0.15, -0.1) is 0 Å². The maximum atomic E-state index is 12.5. The summed E-state index contributed by atoms with van der Waals surface area (Å²) in [4.78, 5) is 23.1. The number of aliphatic carboxylic acids is 1. The Morgan fingerprint density at radius 1 is 1.32 bits per heavy atom. The number of aromatic nitrogens is 2. The first-order valence-corrected chi connectivity index (χ1v) is 8.18. The second kappa shape index (κ2) is 8.32. The lowest BCUT2D eigenvalue weighted by Gasteiger charge is -2.08. The van der Waals surface area contributed by atoms with E-state index in [0.717, 1.165) is 24.2 Å². The van der Waals surface area contributed by atoms with Crippen LogP contribution >= 0.6 is 0 Å². The molecule has 0 fully saturated rings. The molecule has 0 radical (unpaired) electrons. The molecule has 1 aromatic carbocycles. The first-order chi connectivity index (χ1) is 11.9. The van der Waals surface area contributed by atoms with Gasteiger partial charge in [-0.1, -0.05) is 19.1 Å². The molecule has 2 aromatic rings. The van der Waals surface area contributed by atoms with Gasteiger partial charge in [0.2, 0.25) is 0 Å². The Balaban J connectivity index is 2.03. The summed E-state index contributed by atoms with van der Waals surface area (Å²) in [6.07, 6.45) is 0.951. The van der Waals surface area contributed by atoms with Gasteiger partial charge in [0, 0.05) is 18.8 Å². The van der Waals surface area contributed by atoms with Crippen LogP contribution in [0.4, 0.5) is 0 Å². The first kappa shape index (κ1) is 18.5. The Morgan fingerprint density at radius 2 is 2.08 bits per heavy atom. The minimum atomic E-state index is -1.03. The van der Waals surface area contributed by atoms with Crippen LogP contribution in [0, 0.1) is 13.8 Å². The van der Waals surface area contributed by atoms with Gasteiger partial charge >= 0.3 is 5.97 Å². The Bertz CT molecular complexity index is 768. The fourth-order valence-corrected chi connectivity index (χ4v) is 2.62. The standard InChI is InChI=1S/C18H23N3O4/c1-4-8-21-13(3)17(12(2)20-21)18(24)19-10-14-6-5-7-15(9-14)25-11-16(22)23/h5-7,9H,4,8,10-11H2,1-3H3,(H,19,24)(H,22,23). The monoisotopic (exact) mass is 345 g/mol. The van der Waals surface area contributed by atoms with Crippen molar-refractivity contribution in [2.75, 3.05) is 6.61 Å². The van der Waals surface area contributed by atoms with E-state index in [1.54, 1.807) is 18.2 Å². The number of hydrogen-bond donors (Lipinski definition) is 2. The highest BCUT2D eigenvalue weighted by Crippen LogP contribution is 2.15. The molecule has 0 aliphatic rings. The van der Waals surface area contributed by atoms with Crippen molar-refractivity contribution in [2.45, 2.75) is 40.3 Å².